The summed E-state index contributed by atoms with van der Waals surface area (Å²) < 4.78 is 0. The number of urea groups is 1. The van der Waals surface area contributed by atoms with Gasteiger partial charge in [0, 0.05) is 38.1 Å². The van der Waals surface area contributed by atoms with Gasteiger partial charge < -0.3 is 10.2 Å². The Hall–Kier alpha value is -1.69. The van der Waals surface area contributed by atoms with E-state index in [2.05, 4.69) is 27.2 Å². The lowest BCUT2D eigenvalue weighted by atomic mass is 10.2. The summed E-state index contributed by atoms with van der Waals surface area (Å²) in [6.45, 7) is 3.19. The third-order valence-corrected chi connectivity index (χ3v) is 4.32. The molecule has 1 saturated carbocycles. The highest BCUT2D eigenvalue weighted by atomic mass is 16.2. The maximum absolute atomic E-state index is 12.1. The standard InChI is InChI=1S/C15H23N5O/c1-19(11-14-16-6-2-7-17-14)13-5-8-20(10-13)15(21)18-9-12-3-4-12/h2,6-7,12-13H,3-5,8-11H2,1H3,(H,18,21). The fourth-order valence-electron chi connectivity index (χ4n) is 2.72. The lowest BCUT2D eigenvalue weighted by Gasteiger charge is -2.24. The first-order chi connectivity index (χ1) is 10.2. The van der Waals surface area contributed by atoms with E-state index >= 15 is 0 Å². The molecule has 1 aromatic rings. The molecule has 1 aromatic heterocycles. The zero-order valence-corrected chi connectivity index (χ0v) is 12.5. The van der Waals surface area contributed by atoms with Crippen molar-refractivity contribution in [2.24, 2.45) is 5.92 Å². The molecule has 2 heterocycles. The molecular weight excluding hydrogens is 266 g/mol. The third kappa shape index (κ3) is 3.91. The Morgan fingerprint density at radius 3 is 2.86 bits per heavy atom. The number of likely N-dealkylation sites (N-methyl/N-ethyl adjacent to an activating group) is 1. The molecule has 21 heavy (non-hydrogen) atoms. The molecule has 6 nitrogen and oxygen atoms in total. The summed E-state index contributed by atoms with van der Waals surface area (Å²) >= 11 is 0. The van der Waals surface area contributed by atoms with Crippen LogP contribution >= 0.6 is 0 Å². The molecule has 1 atom stereocenters. The fourth-order valence-corrected chi connectivity index (χ4v) is 2.72. The number of nitrogens with zero attached hydrogens (tertiary/aromatic N) is 4. The molecule has 2 fully saturated rings. The van der Waals surface area contributed by atoms with Crippen LogP contribution in [-0.2, 0) is 6.54 Å². The van der Waals surface area contributed by atoms with Gasteiger partial charge in [-0.3, -0.25) is 4.90 Å². The maximum Gasteiger partial charge on any atom is 0.317 e. The molecule has 1 aliphatic heterocycles. The minimum atomic E-state index is 0.0914. The van der Waals surface area contributed by atoms with Gasteiger partial charge in [-0.15, -0.1) is 0 Å². The SMILES string of the molecule is CN(Cc1ncccn1)C1CCN(C(=O)NCC2CC2)C1. The lowest BCUT2D eigenvalue weighted by molar-refractivity contribution is 0.196. The lowest BCUT2D eigenvalue weighted by Crippen LogP contribution is -2.41. The van der Waals surface area contributed by atoms with Crippen LogP contribution in [0.2, 0.25) is 0 Å². The van der Waals surface area contributed by atoms with Gasteiger partial charge in [0.15, 0.2) is 0 Å². The number of aromatic nitrogens is 2. The van der Waals surface area contributed by atoms with Crippen molar-refractivity contribution in [1.82, 2.24) is 25.1 Å². The van der Waals surface area contributed by atoms with Crippen LogP contribution in [-0.4, -0.2) is 58.5 Å². The summed E-state index contributed by atoms with van der Waals surface area (Å²) in [5.41, 5.74) is 0. The molecule has 2 aliphatic rings. The second-order valence-corrected chi connectivity index (χ2v) is 6.10. The van der Waals surface area contributed by atoms with Crippen LogP contribution in [0.1, 0.15) is 25.1 Å². The Morgan fingerprint density at radius 2 is 2.14 bits per heavy atom. The number of hydrogen-bond donors (Lipinski definition) is 1. The van der Waals surface area contributed by atoms with Crippen molar-refractivity contribution in [3.8, 4) is 0 Å². The van der Waals surface area contributed by atoms with Crippen LogP contribution in [0.15, 0.2) is 18.5 Å². The molecule has 6 heteroatoms. The van der Waals surface area contributed by atoms with Crippen LogP contribution in [0.4, 0.5) is 4.79 Å². The van der Waals surface area contributed by atoms with E-state index in [0.717, 1.165) is 44.3 Å². The van der Waals surface area contributed by atoms with Crippen molar-refractivity contribution >= 4 is 6.03 Å². The predicted molar refractivity (Wildman–Crippen MR) is 79.6 cm³/mol. The number of hydrogen-bond acceptors (Lipinski definition) is 4. The highest BCUT2D eigenvalue weighted by Crippen LogP contribution is 2.27. The normalized spacial score (nSPS) is 21.8. The van der Waals surface area contributed by atoms with Crippen molar-refractivity contribution in [1.29, 1.82) is 0 Å². The summed E-state index contributed by atoms with van der Waals surface area (Å²) in [5, 5.41) is 3.04. The summed E-state index contributed by atoms with van der Waals surface area (Å²) in [6.07, 6.45) is 7.08. The average Bonchev–Trinajstić information content (AvgIpc) is 3.19. The highest BCUT2D eigenvalue weighted by Gasteiger charge is 2.30. The van der Waals surface area contributed by atoms with E-state index in [1.165, 1.54) is 12.8 Å². The van der Waals surface area contributed by atoms with Crippen molar-refractivity contribution in [2.75, 3.05) is 26.7 Å². The van der Waals surface area contributed by atoms with Crippen molar-refractivity contribution in [2.45, 2.75) is 31.8 Å². The highest BCUT2D eigenvalue weighted by molar-refractivity contribution is 5.74. The van der Waals surface area contributed by atoms with Crippen LogP contribution in [0.5, 0.6) is 0 Å². The molecule has 0 aromatic carbocycles. The number of carbonyl (C=O) groups excluding carboxylic acids is 1. The molecule has 0 radical (unpaired) electrons. The first-order valence-electron chi connectivity index (χ1n) is 7.71. The number of nitrogens with one attached hydrogen (secondary N) is 1. The quantitative estimate of drug-likeness (QED) is 0.882. The minimum absolute atomic E-state index is 0.0914. The van der Waals surface area contributed by atoms with Crippen LogP contribution in [0.25, 0.3) is 0 Å². The molecule has 0 spiro atoms. The van der Waals surface area contributed by atoms with E-state index in [9.17, 15) is 4.79 Å². The number of rotatable bonds is 5. The zero-order chi connectivity index (χ0) is 14.7. The van der Waals surface area contributed by atoms with E-state index in [0.29, 0.717) is 6.04 Å². The van der Waals surface area contributed by atoms with Gasteiger partial charge in [0.2, 0.25) is 0 Å². The summed E-state index contributed by atoms with van der Waals surface area (Å²) in [7, 11) is 2.08. The Labute approximate surface area is 125 Å². The van der Waals surface area contributed by atoms with Gasteiger partial charge in [0.25, 0.3) is 0 Å². The molecule has 1 aliphatic carbocycles. The molecule has 1 N–H and O–H groups in total. The van der Waals surface area contributed by atoms with Gasteiger partial charge in [-0.25, -0.2) is 14.8 Å². The summed E-state index contributed by atoms with van der Waals surface area (Å²) in [5.74, 6) is 1.56. The molecule has 1 unspecified atom stereocenters. The van der Waals surface area contributed by atoms with Gasteiger partial charge >= 0.3 is 6.03 Å². The zero-order valence-electron chi connectivity index (χ0n) is 12.5. The fraction of sp³-hybridized carbons (Fsp3) is 0.667. The topological polar surface area (TPSA) is 61.4 Å². The van der Waals surface area contributed by atoms with Gasteiger partial charge in [0.05, 0.1) is 6.54 Å². The first kappa shape index (κ1) is 14.3. The van der Waals surface area contributed by atoms with E-state index in [1.807, 2.05) is 11.0 Å². The average molecular weight is 289 g/mol. The van der Waals surface area contributed by atoms with Crippen molar-refractivity contribution in [3.05, 3.63) is 24.3 Å². The monoisotopic (exact) mass is 289 g/mol. The maximum atomic E-state index is 12.1. The van der Waals surface area contributed by atoms with E-state index in [1.54, 1.807) is 12.4 Å². The van der Waals surface area contributed by atoms with Gasteiger partial charge in [-0.05, 0) is 38.3 Å². The van der Waals surface area contributed by atoms with Crippen LogP contribution < -0.4 is 5.32 Å². The van der Waals surface area contributed by atoms with Gasteiger partial charge in [-0.2, -0.15) is 0 Å². The summed E-state index contributed by atoms with van der Waals surface area (Å²) in [4.78, 5) is 24.7. The first-order valence-corrected chi connectivity index (χ1v) is 7.71. The van der Waals surface area contributed by atoms with Crippen LogP contribution in [0.3, 0.4) is 0 Å². The van der Waals surface area contributed by atoms with E-state index in [4.69, 9.17) is 0 Å². The van der Waals surface area contributed by atoms with Crippen molar-refractivity contribution < 1.29 is 4.79 Å². The van der Waals surface area contributed by atoms with E-state index in [-0.39, 0.29) is 6.03 Å². The molecule has 114 valence electrons. The van der Waals surface area contributed by atoms with Gasteiger partial charge in [-0.1, -0.05) is 0 Å². The Balaban J connectivity index is 1.45. The van der Waals surface area contributed by atoms with Gasteiger partial charge in [0.1, 0.15) is 5.82 Å². The second-order valence-electron chi connectivity index (χ2n) is 6.10. The molecular formula is C15H23N5O. The Kier molecular flexibility index (Phi) is 4.34. The molecule has 1 saturated heterocycles. The number of likely N-dealkylation sites (tertiary alicyclic amines) is 1. The Bertz CT molecular complexity index is 476. The predicted octanol–water partition coefficient (Wildman–Crippen LogP) is 1.10. The van der Waals surface area contributed by atoms with Crippen molar-refractivity contribution in [3.63, 3.8) is 0 Å². The Morgan fingerprint density at radius 1 is 1.38 bits per heavy atom. The molecule has 3 rings (SSSR count). The second kappa shape index (κ2) is 6.39. The smallest absolute Gasteiger partial charge is 0.317 e. The minimum Gasteiger partial charge on any atom is -0.338 e. The number of carbonyl (C=O) groups is 1. The molecule has 0 bridgehead atoms. The molecule has 2 amide bonds. The summed E-state index contributed by atoms with van der Waals surface area (Å²) in [6, 6.07) is 2.31. The number of amides is 2. The van der Waals surface area contributed by atoms with Crippen LogP contribution in [0, 0.1) is 5.92 Å². The largest absolute Gasteiger partial charge is 0.338 e. The third-order valence-electron chi connectivity index (χ3n) is 4.32. The van der Waals surface area contributed by atoms with E-state index < -0.39 is 0 Å².